The smallest absolute Gasteiger partial charge is 0.311 e. The number of hydrogen-bond acceptors (Lipinski definition) is 4. The van der Waals surface area contributed by atoms with Crippen molar-refractivity contribution in [1.29, 1.82) is 0 Å². The SMILES string of the molecule is CCCCCCCCCC(=O)Oc1ccccc1OC(=O)CCCCCCC(CC)CC. The van der Waals surface area contributed by atoms with Crippen LogP contribution in [-0.4, -0.2) is 11.9 Å². The second-order valence-electron chi connectivity index (χ2n) is 8.90. The summed E-state index contributed by atoms with van der Waals surface area (Å²) in [6, 6.07) is 6.94. The molecule has 0 aromatic heterocycles. The highest BCUT2D eigenvalue weighted by molar-refractivity contribution is 5.76. The van der Waals surface area contributed by atoms with Crippen molar-refractivity contribution in [2.75, 3.05) is 0 Å². The van der Waals surface area contributed by atoms with Crippen LogP contribution in [0.1, 0.15) is 124 Å². The summed E-state index contributed by atoms with van der Waals surface area (Å²) in [6.07, 6.45) is 17.0. The second-order valence-corrected chi connectivity index (χ2v) is 8.90. The number of rotatable bonds is 19. The minimum Gasteiger partial charge on any atom is -0.423 e. The fourth-order valence-electron chi connectivity index (χ4n) is 3.95. The van der Waals surface area contributed by atoms with Crippen LogP contribution in [-0.2, 0) is 9.59 Å². The summed E-state index contributed by atoms with van der Waals surface area (Å²) in [5.74, 6) is 0.975. The lowest BCUT2D eigenvalue weighted by Gasteiger charge is -2.11. The average molecular weight is 447 g/mol. The van der Waals surface area contributed by atoms with Gasteiger partial charge in [-0.15, -0.1) is 0 Å². The number of carbonyl (C=O) groups excluding carboxylic acids is 2. The molecule has 0 atom stereocenters. The molecule has 0 aliphatic heterocycles. The summed E-state index contributed by atoms with van der Waals surface area (Å²) < 4.78 is 11.0. The van der Waals surface area contributed by atoms with E-state index in [1.165, 1.54) is 57.8 Å². The van der Waals surface area contributed by atoms with Crippen LogP contribution in [0.2, 0.25) is 0 Å². The standard InChI is InChI=1S/C28H46O4/c1-4-7-8-9-10-11-15-22-27(29)31-25-20-17-18-21-26(25)32-28(30)23-16-13-12-14-19-24(5-2)6-3/h17-18,20-21,24H,4-16,19,22-23H2,1-3H3. The van der Waals surface area contributed by atoms with Crippen LogP contribution in [0.5, 0.6) is 11.5 Å². The molecule has 0 radical (unpaired) electrons. The maximum atomic E-state index is 12.2. The number of para-hydroxylation sites is 2. The summed E-state index contributed by atoms with van der Waals surface area (Å²) in [5, 5.41) is 0. The van der Waals surface area contributed by atoms with E-state index in [1.807, 2.05) is 0 Å². The van der Waals surface area contributed by atoms with Gasteiger partial charge in [-0.25, -0.2) is 0 Å². The molecule has 32 heavy (non-hydrogen) atoms. The fraction of sp³-hybridized carbons (Fsp3) is 0.714. The third-order valence-electron chi connectivity index (χ3n) is 6.18. The maximum absolute atomic E-state index is 12.2. The van der Waals surface area contributed by atoms with Gasteiger partial charge in [0, 0.05) is 12.8 Å². The normalized spacial score (nSPS) is 11.0. The average Bonchev–Trinajstić information content (AvgIpc) is 2.79. The van der Waals surface area contributed by atoms with Crippen LogP contribution in [0, 0.1) is 5.92 Å². The van der Waals surface area contributed by atoms with Gasteiger partial charge in [0.15, 0.2) is 11.5 Å². The van der Waals surface area contributed by atoms with E-state index >= 15 is 0 Å². The Balaban J connectivity index is 2.27. The quantitative estimate of drug-likeness (QED) is 0.122. The lowest BCUT2D eigenvalue weighted by Crippen LogP contribution is -2.12. The van der Waals surface area contributed by atoms with Crippen LogP contribution in [0.15, 0.2) is 24.3 Å². The van der Waals surface area contributed by atoms with Crippen molar-refractivity contribution in [3.63, 3.8) is 0 Å². The molecule has 1 rings (SSSR count). The van der Waals surface area contributed by atoms with Gasteiger partial charge < -0.3 is 9.47 Å². The Morgan fingerprint density at radius 3 is 1.56 bits per heavy atom. The molecule has 0 aliphatic carbocycles. The molecule has 182 valence electrons. The number of hydrogen-bond donors (Lipinski definition) is 0. The minimum atomic E-state index is -0.264. The molecule has 1 aromatic carbocycles. The van der Waals surface area contributed by atoms with E-state index in [-0.39, 0.29) is 11.9 Å². The summed E-state index contributed by atoms with van der Waals surface area (Å²) in [7, 11) is 0. The first-order valence-corrected chi connectivity index (χ1v) is 13.1. The zero-order valence-corrected chi connectivity index (χ0v) is 20.8. The summed E-state index contributed by atoms with van der Waals surface area (Å²) in [4.78, 5) is 24.4. The Hall–Kier alpha value is -1.84. The van der Waals surface area contributed by atoms with Crippen molar-refractivity contribution in [3.05, 3.63) is 24.3 Å². The van der Waals surface area contributed by atoms with Gasteiger partial charge in [0.2, 0.25) is 0 Å². The van der Waals surface area contributed by atoms with Crippen LogP contribution >= 0.6 is 0 Å². The van der Waals surface area contributed by atoms with Gasteiger partial charge in [0.25, 0.3) is 0 Å². The first-order chi connectivity index (χ1) is 15.6. The first kappa shape index (κ1) is 28.2. The maximum Gasteiger partial charge on any atom is 0.311 e. The fourth-order valence-corrected chi connectivity index (χ4v) is 3.95. The number of ether oxygens (including phenoxy) is 2. The Kier molecular flexibility index (Phi) is 16.5. The Labute approximate surface area is 196 Å². The van der Waals surface area contributed by atoms with E-state index in [2.05, 4.69) is 20.8 Å². The van der Waals surface area contributed by atoms with Crippen LogP contribution in [0.3, 0.4) is 0 Å². The molecule has 0 saturated carbocycles. The van der Waals surface area contributed by atoms with E-state index in [0.717, 1.165) is 38.0 Å². The molecular weight excluding hydrogens is 400 g/mol. The predicted molar refractivity (Wildman–Crippen MR) is 132 cm³/mol. The molecule has 4 heteroatoms. The summed E-state index contributed by atoms with van der Waals surface area (Å²) >= 11 is 0. The minimum absolute atomic E-state index is 0.263. The van der Waals surface area contributed by atoms with Gasteiger partial charge in [0.05, 0.1) is 0 Å². The van der Waals surface area contributed by atoms with Crippen molar-refractivity contribution >= 4 is 11.9 Å². The third-order valence-corrected chi connectivity index (χ3v) is 6.18. The lowest BCUT2D eigenvalue weighted by atomic mass is 9.96. The molecule has 0 aliphatic rings. The van der Waals surface area contributed by atoms with Crippen molar-refractivity contribution in [2.24, 2.45) is 5.92 Å². The number of carbonyl (C=O) groups is 2. The van der Waals surface area contributed by atoms with E-state index in [4.69, 9.17) is 9.47 Å². The molecule has 0 amide bonds. The van der Waals surface area contributed by atoms with Gasteiger partial charge in [-0.05, 0) is 30.9 Å². The molecule has 0 bridgehead atoms. The number of benzene rings is 1. The molecule has 0 fully saturated rings. The largest absolute Gasteiger partial charge is 0.423 e. The second kappa shape index (κ2) is 18.7. The number of unbranched alkanes of at least 4 members (excludes halogenated alkanes) is 9. The van der Waals surface area contributed by atoms with Crippen molar-refractivity contribution in [3.8, 4) is 11.5 Å². The Morgan fingerprint density at radius 1 is 0.656 bits per heavy atom. The lowest BCUT2D eigenvalue weighted by molar-refractivity contribution is -0.137. The van der Waals surface area contributed by atoms with Crippen LogP contribution in [0.25, 0.3) is 0 Å². The van der Waals surface area contributed by atoms with Gasteiger partial charge in [0.1, 0.15) is 0 Å². The van der Waals surface area contributed by atoms with Crippen molar-refractivity contribution in [2.45, 2.75) is 124 Å². The van der Waals surface area contributed by atoms with Gasteiger partial charge in [-0.1, -0.05) is 110 Å². The molecule has 1 aromatic rings. The summed E-state index contributed by atoms with van der Waals surface area (Å²) in [5.41, 5.74) is 0. The van der Waals surface area contributed by atoms with Crippen molar-refractivity contribution in [1.82, 2.24) is 0 Å². The molecule has 0 unspecified atom stereocenters. The molecule has 0 saturated heterocycles. The monoisotopic (exact) mass is 446 g/mol. The van der Waals surface area contributed by atoms with Crippen molar-refractivity contribution < 1.29 is 19.1 Å². The zero-order chi connectivity index (χ0) is 23.4. The summed E-state index contributed by atoms with van der Waals surface area (Å²) in [6.45, 7) is 6.73. The van der Waals surface area contributed by atoms with Gasteiger partial charge in [-0.2, -0.15) is 0 Å². The van der Waals surface area contributed by atoms with E-state index in [0.29, 0.717) is 24.3 Å². The highest BCUT2D eigenvalue weighted by Gasteiger charge is 2.13. The first-order valence-electron chi connectivity index (χ1n) is 13.1. The zero-order valence-electron chi connectivity index (χ0n) is 20.8. The molecule has 0 spiro atoms. The molecular formula is C28H46O4. The van der Waals surface area contributed by atoms with E-state index in [9.17, 15) is 9.59 Å². The predicted octanol–water partition coefficient (Wildman–Crippen LogP) is 8.41. The molecule has 4 nitrogen and oxygen atoms in total. The highest BCUT2D eigenvalue weighted by Crippen LogP contribution is 2.28. The topological polar surface area (TPSA) is 52.6 Å². The Morgan fingerprint density at radius 2 is 1.09 bits per heavy atom. The van der Waals surface area contributed by atoms with Crippen LogP contribution in [0.4, 0.5) is 0 Å². The third kappa shape index (κ3) is 13.5. The highest BCUT2D eigenvalue weighted by atomic mass is 16.6. The van der Waals surface area contributed by atoms with E-state index < -0.39 is 0 Å². The van der Waals surface area contributed by atoms with Gasteiger partial charge >= 0.3 is 11.9 Å². The Bertz CT molecular complexity index is 622. The van der Waals surface area contributed by atoms with Crippen LogP contribution < -0.4 is 9.47 Å². The molecule has 0 heterocycles. The molecule has 0 N–H and O–H groups in total. The number of esters is 2. The van der Waals surface area contributed by atoms with E-state index in [1.54, 1.807) is 24.3 Å². The van der Waals surface area contributed by atoms with Gasteiger partial charge in [-0.3, -0.25) is 9.59 Å².